The molecule has 18 heavy (non-hydrogen) atoms. The first kappa shape index (κ1) is 12.5. The fourth-order valence-electron chi connectivity index (χ4n) is 1.86. The molecular formula is C14H15FN2O. The number of nitrogens with one attached hydrogen (secondary N) is 1. The van der Waals surface area contributed by atoms with Crippen LogP contribution in [0.4, 0.5) is 4.39 Å². The van der Waals surface area contributed by atoms with Gasteiger partial charge >= 0.3 is 0 Å². The van der Waals surface area contributed by atoms with Gasteiger partial charge in [-0.15, -0.1) is 0 Å². The van der Waals surface area contributed by atoms with Crippen LogP contribution in [0.1, 0.15) is 29.6 Å². The van der Waals surface area contributed by atoms with Crippen molar-refractivity contribution in [3.63, 3.8) is 0 Å². The lowest BCUT2D eigenvalue weighted by Crippen LogP contribution is -2.20. The van der Waals surface area contributed by atoms with Crippen LogP contribution in [-0.2, 0) is 0 Å². The summed E-state index contributed by atoms with van der Waals surface area (Å²) >= 11 is 0. The first-order chi connectivity index (χ1) is 8.77. The lowest BCUT2D eigenvalue weighted by molar-refractivity contribution is 0.0951. The topological polar surface area (TPSA) is 41.5 Å². The molecule has 0 saturated heterocycles. The minimum atomic E-state index is -0.536. The van der Waals surface area contributed by atoms with Crippen LogP contribution in [0.2, 0.25) is 0 Å². The van der Waals surface area contributed by atoms with E-state index in [9.17, 15) is 9.18 Å². The Morgan fingerprint density at radius 3 is 2.94 bits per heavy atom. The third-order valence-electron chi connectivity index (χ3n) is 2.88. The van der Waals surface area contributed by atoms with Gasteiger partial charge in [-0.2, -0.15) is 5.10 Å². The lowest BCUT2D eigenvalue weighted by Gasteiger charge is -2.11. The molecule has 4 heteroatoms. The van der Waals surface area contributed by atoms with E-state index >= 15 is 0 Å². The Kier molecular flexibility index (Phi) is 4.23. The van der Waals surface area contributed by atoms with Gasteiger partial charge in [-0.3, -0.25) is 4.79 Å². The van der Waals surface area contributed by atoms with Crippen molar-refractivity contribution < 1.29 is 9.18 Å². The molecule has 1 aromatic carbocycles. The summed E-state index contributed by atoms with van der Waals surface area (Å²) in [6.45, 7) is 0. The van der Waals surface area contributed by atoms with Crippen LogP contribution in [0.5, 0.6) is 0 Å². The van der Waals surface area contributed by atoms with Crippen LogP contribution < -0.4 is 5.43 Å². The molecule has 2 rings (SSSR count). The first-order valence-electron chi connectivity index (χ1n) is 6.00. The Hall–Kier alpha value is -1.97. The molecule has 1 atom stereocenters. The average Bonchev–Trinajstić information content (AvgIpc) is 2.40. The van der Waals surface area contributed by atoms with Gasteiger partial charge in [-0.1, -0.05) is 24.3 Å². The van der Waals surface area contributed by atoms with E-state index in [0.29, 0.717) is 5.92 Å². The highest BCUT2D eigenvalue weighted by molar-refractivity contribution is 5.94. The van der Waals surface area contributed by atoms with Crippen LogP contribution in [0, 0.1) is 11.7 Å². The van der Waals surface area contributed by atoms with E-state index in [4.69, 9.17) is 0 Å². The minimum Gasteiger partial charge on any atom is -0.267 e. The number of hydrogen-bond donors (Lipinski definition) is 1. The van der Waals surface area contributed by atoms with Crippen molar-refractivity contribution in [2.45, 2.75) is 19.3 Å². The van der Waals surface area contributed by atoms with Crippen LogP contribution in [0.25, 0.3) is 0 Å². The van der Waals surface area contributed by atoms with E-state index in [1.165, 1.54) is 12.1 Å². The molecule has 1 aliphatic carbocycles. The molecule has 0 heterocycles. The van der Waals surface area contributed by atoms with Gasteiger partial charge in [-0.25, -0.2) is 9.82 Å². The molecular weight excluding hydrogens is 231 g/mol. The first-order valence-corrected chi connectivity index (χ1v) is 6.00. The fourth-order valence-corrected chi connectivity index (χ4v) is 1.86. The van der Waals surface area contributed by atoms with Crippen molar-refractivity contribution in [2.75, 3.05) is 0 Å². The van der Waals surface area contributed by atoms with Crippen molar-refractivity contribution >= 4 is 12.1 Å². The van der Waals surface area contributed by atoms with Crippen LogP contribution >= 0.6 is 0 Å². The van der Waals surface area contributed by atoms with Gasteiger partial charge in [-0.05, 0) is 37.3 Å². The summed E-state index contributed by atoms with van der Waals surface area (Å²) in [6, 6.07) is 5.85. The second-order valence-corrected chi connectivity index (χ2v) is 4.24. The van der Waals surface area contributed by atoms with Crippen molar-refractivity contribution in [1.82, 2.24) is 5.43 Å². The van der Waals surface area contributed by atoms with E-state index < -0.39 is 11.7 Å². The smallest absolute Gasteiger partial charge is 0.267 e. The van der Waals surface area contributed by atoms with E-state index in [1.54, 1.807) is 18.3 Å². The lowest BCUT2D eigenvalue weighted by atomic mass is 9.96. The highest BCUT2D eigenvalue weighted by atomic mass is 19.1. The zero-order valence-corrected chi connectivity index (χ0v) is 9.97. The maximum Gasteiger partial charge on any atom is 0.274 e. The number of amides is 1. The van der Waals surface area contributed by atoms with Crippen molar-refractivity contribution in [1.29, 1.82) is 0 Å². The van der Waals surface area contributed by atoms with Crippen molar-refractivity contribution in [3.8, 4) is 0 Å². The van der Waals surface area contributed by atoms with E-state index in [2.05, 4.69) is 22.7 Å². The number of rotatable bonds is 3. The second-order valence-electron chi connectivity index (χ2n) is 4.24. The zero-order valence-electron chi connectivity index (χ0n) is 9.97. The summed E-state index contributed by atoms with van der Waals surface area (Å²) in [5.41, 5.74) is 2.37. The highest BCUT2D eigenvalue weighted by Crippen LogP contribution is 2.15. The van der Waals surface area contributed by atoms with Gasteiger partial charge in [0, 0.05) is 6.21 Å². The second kappa shape index (κ2) is 6.10. The number of halogens is 1. The molecule has 94 valence electrons. The molecule has 0 radical (unpaired) electrons. The molecule has 0 aromatic heterocycles. The van der Waals surface area contributed by atoms with Crippen LogP contribution in [0.3, 0.4) is 0 Å². The van der Waals surface area contributed by atoms with Gasteiger partial charge in [0.05, 0.1) is 5.56 Å². The Bertz CT molecular complexity index is 482. The summed E-state index contributed by atoms with van der Waals surface area (Å²) in [7, 11) is 0. The highest BCUT2D eigenvalue weighted by Gasteiger charge is 2.10. The third kappa shape index (κ3) is 3.26. The number of benzene rings is 1. The monoisotopic (exact) mass is 246 g/mol. The number of nitrogens with zero attached hydrogens (tertiary/aromatic N) is 1. The van der Waals surface area contributed by atoms with E-state index in [-0.39, 0.29) is 5.56 Å². The summed E-state index contributed by atoms with van der Waals surface area (Å²) in [4.78, 5) is 11.6. The Morgan fingerprint density at radius 2 is 2.22 bits per heavy atom. The molecule has 0 saturated carbocycles. The molecule has 1 unspecified atom stereocenters. The number of carbonyl (C=O) groups excluding carboxylic acids is 1. The Balaban J connectivity index is 1.90. The van der Waals surface area contributed by atoms with Gasteiger partial charge in [0.25, 0.3) is 5.91 Å². The van der Waals surface area contributed by atoms with Crippen LogP contribution in [0.15, 0.2) is 41.5 Å². The summed E-state index contributed by atoms with van der Waals surface area (Å²) in [5.74, 6) is -0.697. The van der Waals surface area contributed by atoms with Gasteiger partial charge in [0.15, 0.2) is 0 Å². The zero-order chi connectivity index (χ0) is 12.8. The van der Waals surface area contributed by atoms with Gasteiger partial charge in [0.2, 0.25) is 0 Å². The summed E-state index contributed by atoms with van der Waals surface area (Å²) in [5, 5.41) is 3.89. The standard InChI is InChI=1S/C14H15FN2O/c15-13-9-5-4-8-12(13)14(18)17-16-10-11-6-2-1-3-7-11/h1-2,4-5,8-11H,3,6-7H2,(H,17,18). The predicted octanol–water partition coefficient (Wildman–Crippen LogP) is 2.90. The van der Waals surface area contributed by atoms with Crippen LogP contribution in [-0.4, -0.2) is 12.1 Å². The fraction of sp³-hybridized carbons (Fsp3) is 0.286. The molecule has 0 aliphatic heterocycles. The SMILES string of the molecule is O=C(NN=CC1CC=CCC1)c1ccccc1F. The van der Waals surface area contributed by atoms with Gasteiger partial charge in [0.1, 0.15) is 5.82 Å². The Morgan fingerprint density at radius 1 is 1.39 bits per heavy atom. The molecule has 1 aromatic rings. The van der Waals surface area contributed by atoms with E-state index in [0.717, 1.165) is 19.3 Å². The summed E-state index contributed by atoms with van der Waals surface area (Å²) < 4.78 is 13.3. The minimum absolute atomic E-state index is 0.0122. The molecule has 1 N–H and O–H groups in total. The van der Waals surface area contributed by atoms with Crippen molar-refractivity contribution in [2.24, 2.45) is 11.0 Å². The average molecular weight is 246 g/mol. The molecule has 0 bridgehead atoms. The number of carbonyl (C=O) groups is 1. The third-order valence-corrected chi connectivity index (χ3v) is 2.88. The molecule has 0 spiro atoms. The Labute approximate surface area is 105 Å². The predicted molar refractivity (Wildman–Crippen MR) is 68.8 cm³/mol. The largest absolute Gasteiger partial charge is 0.274 e. The normalized spacial score (nSPS) is 19.1. The maximum absolute atomic E-state index is 13.3. The molecule has 1 aliphatic rings. The summed E-state index contributed by atoms with van der Waals surface area (Å²) in [6.07, 6.45) is 9.00. The van der Waals surface area contributed by atoms with E-state index in [1.807, 2.05) is 0 Å². The van der Waals surface area contributed by atoms with Crippen molar-refractivity contribution in [3.05, 3.63) is 47.8 Å². The molecule has 1 amide bonds. The molecule has 0 fully saturated rings. The number of hydrazone groups is 1. The number of hydrogen-bond acceptors (Lipinski definition) is 2. The van der Waals surface area contributed by atoms with Gasteiger partial charge < -0.3 is 0 Å². The molecule has 3 nitrogen and oxygen atoms in total. The maximum atomic E-state index is 13.3. The number of allylic oxidation sites excluding steroid dienone is 2. The quantitative estimate of drug-likeness (QED) is 0.497.